The highest BCUT2D eigenvalue weighted by Crippen LogP contribution is 1.96. The van der Waals surface area contributed by atoms with Crippen LogP contribution in [-0.4, -0.2) is 41.6 Å². The molecule has 18 heavy (non-hydrogen) atoms. The van der Waals surface area contributed by atoms with Crippen LogP contribution in [0.3, 0.4) is 0 Å². The van der Waals surface area contributed by atoms with E-state index in [0.29, 0.717) is 0 Å². The molecule has 0 aliphatic rings. The standard InChI is InChI=1S/C10H16O6S2/c1-3-9-17(11,12)15-7-5-6-8-16-18(13,14)10-4-2/h3-6H,1-2,7-10H2. The summed E-state index contributed by atoms with van der Waals surface area (Å²) >= 11 is 0. The van der Waals surface area contributed by atoms with E-state index in [1.165, 1.54) is 24.3 Å². The summed E-state index contributed by atoms with van der Waals surface area (Å²) in [6.45, 7) is 6.19. The van der Waals surface area contributed by atoms with E-state index in [1.807, 2.05) is 0 Å². The lowest BCUT2D eigenvalue weighted by atomic mass is 10.5. The zero-order valence-corrected chi connectivity index (χ0v) is 11.5. The molecular weight excluding hydrogens is 280 g/mol. The third kappa shape index (κ3) is 9.11. The van der Waals surface area contributed by atoms with Crippen molar-refractivity contribution in [2.24, 2.45) is 0 Å². The van der Waals surface area contributed by atoms with Gasteiger partial charge < -0.3 is 0 Å². The third-order valence-corrected chi connectivity index (χ3v) is 3.78. The Bertz CT molecular complexity index is 440. The van der Waals surface area contributed by atoms with Crippen molar-refractivity contribution in [1.82, 2.24) is 0 Å². The maximum absolute atomic E-state index is 11.0. The SMILES string of the molecule is C=CCS(=O)(=O)OCC=CCOS(=O)(=O)CC=C. The summed E-state index contributed by atoms with van der Waals surface area (Å²) in [4.78, 5) is 0. The fourth-order valence-electron chi connectivity index (χ4n) is 0.807. The normalized spacial score (nSPS) is 12.7. The molecule has 0 amide bonds. The van der Waals surface area contributed by atoms with E-state index in [1.54, 1.807) is 0 Å². The minimum absolute atomic E-state index is 0.180. The van der Waals surface area contributed by atoms with Crippen LogP contribution in [0.5, 0.6) is 0 Å². The number of rotatable bonds is 10. The average Bonchev–Trinajstić information content (AvgIpc) is 2.22. The average molecular weight is 296 g/mol. The molecular formula is C10H16O6S2. The van der Waals surface area contributed by atoms with Crippen LogP contribution in [0.25, 0.3) is 0 Å². The van der Waals surface area contributed by atoms with Gasteiger partial charge in [-0.05, 0) is 0 Å². The van der Waals surface area contributed by atoms with Crippen molar-refractivity contribution >= 4 is 20.2 Å². The Hall–Kier alpha value is -0.960. The molecule has 0 spiro atoms. The summed E-state index contributed by atoms with van der Waals surface area (Å²) < 4.78 is 53.3. The molecule has 0 heterocycles. The molecule has 0 aromatic carbocycles. The van der Waals surface area contributed by atoms with Crippen LogP contribution >= 0.6 is 0 Å². The van der Waals surface area contributed by atoms with Gasteiger partial charge in [-0.2, -0.15) is 16.8 Å². The molecule has 0 aliphatic heterocycles. The molecule has 0 aliphatic carbocycles. The molecule has 8 heteroatoms. The molecule has 0 atom stereocenters. The van der Waals surface area contributed by atoms with E-state index in [2.05, 4.69) is 21.5 Å². The summed E-state index contributed by atoms with van der Waals surface area (Å²) in [5.41, 5.74) is 0. The Morgan fingerprint density at radius 3 is 1.39 bits per heavy atom. The van der Waals surface area contributed by atoms with E-state index in [-0.39, 0.29) is 24.7 Å². The van der Waals surface area contributed by atoms with Crippen molar-refractivity contribution in [1.29, 1.82) is 0 Å². The number of hydrogen-bond donors (Lipinski definition) is 0. The topological polar surface area (TPSA) is 86.7 Å². The summed E-state index contributed by atoms with van der Waals surface area (Å²) in [7, 11) is -7.19. The van der Waals surface area contributed by atoms with E-state index < -0.39 is 20.2 Å². The predicted molar refractivity (Wildman–Crippen MR) is 69.0 cm³/mol. The first-order valence-electron chi connectivity index (χ1n) is 4.94. The van der Waals surface area contributed by atoms with Gasteiger partial charge in [0.1, 0.15) is 0 Å². The van der Waals surface area contributed by atoms with Gasteiger partial charge in [0, 0.05) is 0 Å². The molecule has 6 nitrogen and oxygen atoms in total. The first kappa shape index (κ1) is 17.0. The van der Waals surface area contributed by atoms with Crippen LogP contribution in [0.1, 0.15) is 0 Å². The molecule has 0 saturated heterocycles. The molecule has 0 N–H and O–H groups in total. The molecule has 0 rings (SSSR count). The first-order chi connectivity index (χ1) is 8.33. The molecule has 0 unspecified atom stereocenters. The highest BCUT2D eigenvalue weighted by molar-refractivity contribution is 7.87. The van der Waals surface area contributed by atoms with E-state index in [0.717, 1.165) is 0 Å². The predicted octanol–water partition coefficient (Wildman–Crippen LogP) is 0.607. The van der Waals surface area contributed by atoms with E-state index in [9.17, 15) is 16.8 Å². The summed E-state index contributed by atoms with van der Waals surface area (Å²) in [6.07, 6.45) is 5.13. The second-order valence-corrected chi connectivity index (χ2v) is 6.44. The summed E-state index contributed by atoms with van der Waals surface area (Å²) in [5, 5.41) is 0. The highest BCUT2D eigenvalue weighted by Gasteiger charge is 2.07. The molecule has 0 radical (unpaired) electrons. The van der Waals surface area contributed by atoms with E-state index >= 15 is 0 Å². The third-order valence-electron chi connectivity index (χ3n) is 1.50. The van der Waals surface area contributed by atoms with Gasteiger partial charge in [0.25, 0.3) is 20.2 Å². The second-order valence-electron chi connectivity index (χ2n) is 3.07. The van der Waals surface area contributed by atoms with Crippen molar-refractivity contribution in [2.75, 3.05) is 24.7 Å². The Kier molecular flexibility index (Phi) is 7.76. The molecule has 0 bridgehead atoms. The first-order valence-corrected chi connectivity index (χ1v) is 8.09. The van der Waals surface area contributed by atoms with Crippen LogP contribution in [-0.2, 0) is 28.6 Å². The van der Waals surface area contributed by atoms with Crippen LogP contribution in [0.15, 0.2) is 37.5 Å². The fraction of sp³-hybridized carbons (Fsp3) is 0.400. The molecule has 0 aromatic rings. The quantitative estimate of drug-likeness (QED) is 0.433. The van der Waals surface area contributed by atoms with Crippen LogP contribution in [0, 0.1) is 0 Å². The van der Waals surface area contributed by atoms with Crippen molar-refractivity contribution in [3.05, 3.63) is 37.5 Å². The smallest absolute Gasteiger partial charge is 0.266 e. The van der Waals surface area contributed by atoms with Crippen LogP contribution < -0.4 is 0 Å². The monoisotopic (exact) mass is 296 g/mol. The lowest BCUT2D eigenvalue weighted by Gasteiger charge is -2.00. The lowest BCUT2D eigenvalue weighted by molar-refractivity contribution is 0.348. The largest absolute Gasteiger partial charge is 0.271 e. The minimum atomic E-state index is -3.60. The summed E-state index contributed by atoms with van der Waals surface area (Å²) in [6, 6.07) is 0. The Labute approximate surface area is 108 Å². The molecule has 0 fully saturated rings. The van der Waals surface area contributed by atoms with Crippen LogP contribution in [0.2, 0.25) is 0 Å². The maximum Gasteiger partial charge on any atom is 0.271 e. The second kappa shape index (κ2) is 8.20. The zero-order valence-electron chi connectivity index (χ0n) is 9.82. The molecule has 0 saturated carbocycles. The van der Waals surface area contributed by atoms with Gasteiger partial charge in [-0.1, -0.05) is 24.3 Å². The molecule has 104 valence electrons. The van der Waals surface area contributed by atoms with Gasteiger partial charge in [0.15, 0.2) is 0 Å². The Morgan fingerprint density at radius 1 is 0.778 bits per heavy atom. The zero-order chi connectivity index (χ0) is 14.1. The fourth-order valence-corrected chi connectivity index (χ4v) is 2.15. The van der Waals surface area contributed by atoms with Gasteiger partial charge in [0.2, 0.25) is 0 Å². The Balaban J connectivity index is 3.93. The summed E-state index contributed by atoms with van der Waals surface area (Å²) in [5.74, 6) is -0.546. The number of hydrogen-bond acceptors (Lipinski definition) is 6. The maximum atomic E-state index is 11.0. The van der Waals surface area contributed by atoms with Gasteiger partial charge in [-0.3, -0.25) is 8.37 Å². The van der Waals surface area contributed by atoms with Gasteiger partial charge in [-0.15, -0.1) is 13.2 Å². The Morgan fingerprint density at radius 2 is 1.11 bits per heavy atom. The van der Waals surface area contributed by atoms with E-state index in [4.69, 9.17) is 0 Å². The van der Waals surface area contributed by atoms with Crippen molar-refractivity contribution < 1.29 is 25.2 Å². The van der Waals surface area contributed by atoms with Gasteiger partial charge >= 0.3 is 0 Å². The van der Waals surface area contributed by atoms with Crippen molar-refractivity contribution in [3.63, 3.8) is 0 Å². The van der Waals surface area contributed by atoms with Gasteiger partial charge in [0.05, 0.1) is 24.7 Å². The molecule has 0 aromatic heterocycles. The van der Waals surface area contributed by atoms with Crippen molar-refractivity contribution in [3.8, 4) is 0 Å². The highest BCUT2D eigenvalue weighted by atomic mass is 32.2. The van der Waals surface area contributed by atoms with Gasteiger partial charge in [-0.25, -0.2) is 0 Å². The van der Waals surface area contributed by atoms with Crippen molar-refractivity contribution in [2.45, 2.75) is 0 Å². The minimum Gasteiger partial charge on any atom is -0.266 e. The lowest BCUT2D eigenvalue weighted by Crippen LogP contribution is -2.10. The van der Waals surface area contributed by atoms with Crippen LogP contribution in [0.4, 0.5) is 0 Å².